The van der Waals surface area contributed by atoms with Gasteiger partial charge in [-0.2, -0.15) is 0 Å². The van der Waals surface area contributed by atoms with Gasteiger partial charge in [0.15, 0.2) is 5.75 Å². The molecule has 0 aromatic heterocycles. The van der Waals surface area contributed by atoms with Crippen molar-refractivity contribution in [3.8, 4) is 22.6 Å². The van der Waals surface area contributed by atoms with Gasteiger partial charge >= 0.3 is 0 Å². The van der Waals surface area contributed by atoms with E-state index >= 15 is 0 Å². The molecule has 0 bridgehead atoms. The van der Waals surface area contributed by atoms with Crippen LogP contribution in [0, 0.1) is 20.8 Å². The van der Waals surface area contributed by atoms with Gasteiger partial charge in [0.1, 0.15) is 5.75 Å². The Morgan fingerprint density at radius 2 is 0.948 bits per heavy atom. The summed E-state index contributed by atoms with van der Waals surface area (Å²) in [6.45, 7) is 11.5. The van der Waals surface area contributed by atoms with E-state index in [0.29, 0.717) is 0 Å². The molecule has 0 unspecified atom stereocenters. The zero-order chi connectivity index (χ0) is 39.5. The molecule has 0 amide bonds. The van der Waals surface area contributed by atoms with Gasteiger partial charge < -0.3 is 14.5 Å². The molecular formula is C54H45BN2O. The van der Waals surface area contributed by atoms with Gasteiger partial charge in [0.2, 0.25) is 0 Å². The second-order valence-corrected chi connectivity index (χ2v) is 16.3. The van der Waals surface area contributed by atoms with Gasteiger partial charge in [-0.1, -0.05) is 147 Å². The average Bonchev–Trinajstić information content (AvgIpc) is 3.24. The quantitative estimate of drug-likeness (QED) is 0.151. The van der Waals surface area contributed by atoms with E-state index in [1.807, 2.05) is 30.3 Å². The molecule has 2 aliphatic rings. The summed E-state index contributed by atoms with van der Waals surface area (Å²) in [6, 6.07) is 65.9. The standard InChI is InChI=1S/C54H45BN2O/c1-36-32-37(2)52(38(3)33-36)54(4,5)40-34-49-53-50(35-40)57(48-30-18-19-31-51(48)58-41-22-10-7-11-23-41)47-29-17-14-26-44(47)55(53)43-25-13-16-28-46(43)56(49)45-27-15-12-24-42(45)39-20-8-6-9-21-39/h6-35H,1-5H3. The van der Waals surface area contributed by atoms with E-state index in [2.05, 4.69) is 196 Å². The Morgan fingerprint density at radius 1 is 0.466 bits per heavy atom. The van der Waals surface area contributed by atoms with Crippen LogP contribution in [0.5, 0.6) is 11.5 Å². The number of fused-ring (bicyclic) bond motifs is 4. The third kappa shape index (κ3) is 5.74. The lowest BCUT2D eigenvalue weighted by Gasteiger charge is -2.45. The van der Waals surface area contributed by atoms with E-state index in [1.165, 1.54) is 66.7 Å². The lowest BCUT2D eigenvalue weighted by Crippen LogP contribution is -2.61. The molecule has 2 aliphatic heterocycles. The zero-order valence-electron chi connectivity index (χ0n) is 33.7. The van der Waals surface area contributed by atoms with Crippen molar-refractivity contribution in [2.24, 2.45) is 0 Å². The molecule has 0 saturated carbocycles. The number of rotatable bonds is 7. The lowest BCUT2D eigenvalue weighted by molar-refractivity contribution is 0.484. The van der Waals surface area contributed by atoms with Crippen molar-refractivity contribution in [1.82, 2.24) is 0 Å². The van der Waals surface area contributed by atoms with Crippen LogP contribution in [0.15, 0.2) is 182 Å². The molecule has 8 aromatic carbocycles. The van der Waals surface area contributed by atoms with Crippen LogP contribution >= 0.6 is 0 Å². The molecule has 0 spiro atoms. The van der Waals surface area contributed by atoms with Crippen molar-refractivity contribution in [2.75, 3.05) is 9.80 Å². The minimum Gasteiger partial charge on any atom is -0.455 e. The van der Waals surface area contributed by atoms with E-state index in [9.17, 15) is 0 Å². The molecule has 0 saturated heterocycles. The largest absolute Gasteiger partial charge is 0.455 e. The first-order valence-electron chi connectivity index (χ1n) is 20.3. The third-order valence-corrected chi connectivity index (χ3v) is 12.2. The number of para-hydroxylation sites is 6. The highest BCUT2D eigenvalue weighted by Crippen LogP contribution is 2.50. The van der Waals surface area contributed by atoms with Crippen LogP contribution in [-0.4, -0.2) is 6.71 Å². The highest BCUT2D eigenvalue weighted by Gasteiger charge is 2.45. The summed E-state index contributed by atoms with van der Waals surface area (Å²) in [5.74, 6) is 1.60. The Hall–Kier alpha value is -6.78. The summed E-state index contributed by atoms with van der Waals surface area (Å²) in [6.07, 6.45) is 0. The molecule has 4 heteroatoms. The second-order valence-electron chi connectivity index (χ2n) is 16.3. The minimum absolute atomic E-state index is 0.0102. The van der Waals surface area contributed by atoms with Gasteiger partial charge in [0.25, 0.3) is 6.71 Å². The molecule has 10 rings (SSSR count). The van der Waals surface area contributed by atoms with Crippen molar-refractivity contribution in [2.45, 2.75) is 40.0 Å². The summed E-state index contributed by atoms with van der Waals surface area (Å²) in [7, 11) is 0. The SMILES string of the molecule is Cc1cc(C)c(C(C)(C)c2cc3c4c(c2)N(c2ccccc2-c2ccccc2)c2ccccc2B4c2ccccc2N3c2ccccc2Oc2ccccc2)c(C)c1. The number of aryl methyl sites for hydroxylation is 3. The maximum absolute atomic E-state index is 6.76. The zero-order valence-corrected chi connectivity index (χ0v) is 33.7. The van der Waals surface area contributed by atoms with Crippen LogP contribution < -0.4 is 30.9 Å². The van der Waals surface area contributed by atoms with E-state index in [4.69, 9.17) is 4.74 Å². The molecule has 2 heterocycles. The molecule has 0 radical (unpaired) electrons. The maximum atomic E-state index is 6.76. The molecule has 0 aliphatic carbocycles. The molecule has 280 valence electrons. The summed E-state index contributed by atoms with van der Waals surface area (Å²) < 4.78 is 6.76. The summed E-state index contributed by atoms with van der Waals surface area (Å²) in [4.78, 5) is 5.01. The predicted octanol–water partition coefficient (Wildman–Crippen LogP) is 12.5. The fourth-order valence-electron chi connectivity index (χ4n) is 9.96. The van der Waals surface area contributed by atoms with Crippen molar-refractivity contribution in [1.29, 1.82) is 0 Å². The van der Waals surface area contributed by atoms with Crippen molar-refractivity contribution < 1.29 is 4.74 Å². The smallest absolute Gasteiger partial charge is 0.252 e. The van der Waals surface area contributed by atoms with Crippen molar-refractivity contribution >= 4 is 57.2 Å². The van der Waals surface area contributed by atoms with Gasteiger partial charge in [-0.25, -0.2) is 0 Å². The number of hydrogen-bond donors (Lipinski definition) is 0. The van der Waals surface area contributed by atoms with E-state index in [-0.39, 0.29) is 12.1 Å². The summed E-state index contributed by atoms with van der Waals surface area (Å²) in [5, 5.41) is 0. The fourth-order valence-corrected chi connectivity index (χ4v) is 9.96. The minimum atomic E-state index is -0.340. The molecule has 58 heavy (non-hydrogen) atoms. The predicted molar refractivity (Wildman–Crippen MR) is 245 cm³/mol. The van der Waals surface area contributed by atoms with Gasteiger partial charge in [0.05, 0.1) is 11.4 Å². The Balaban J connectivity index is 1.31. The van der Waals surface area contributed by atoms with Crippen LogP contribution in [0.2, 0.25) is 0 Å². The first kappa shape index (κ1) is 35.6. The van der Waals surface area contributed by atoms with Crippen LogP contribution in [0.25, 0.3) is 11.1 Å². The van der Waals surface area contributed by atoms with Crippen LogP contribution in [0.1, 0.15) is 41.7 Å². The van der Waals surface area contributed by atoms with Gasteiger partial charge in [-0.15, -0.1) is 0 Å². The highest BCUT2D eigenvalue weighted by molar-refractivity contribution is 7.00. The molecule has 8 aromatic rings. The van der Waals surface area contributed by atoms with Crippen LogP contribution in [0.3, 0.4) is 0 Å². The van der Waals surface area contributed by atoms with Crippen molar-refractivity contribution in [3.63, 3.8) is 0 Å². The molecule has 0 atom stereocenters. The topological polar surface area (TPSA) is 15.7 Å². The van der Waals surface area contributed by atoms with Crippen LogP contribution in [-0.2, 0) is 5.41 Å². The van der Waals surface area contributed by atoms with Gasteiger partial charge in [0, 0.05) is 33.7 Å². The fraction of sp³-hybridized carbons (Fsp3) is 0.111. The van der Waals surface area contributed by atoms with E-state index < -0.39 is 0 Å². The van der Waals surface area contributed by atoms with Gasteiger partial charge in [-0.05, 0) is 120 Å². The lowest BCUT2D eigenvalue weighted by atomic mass is 9.33. The number of anilines is 6. The Labute approximate surface area is 342 Å². The highest BCUT2D eigenvalue weighted by atomic mass is 16.5. The monoisotopic (exact) mass is 748 g/mol. The van der Waals surface area contributed by atoms with Gasteiger partial charge in [-0.3, -0.25) is 0 Å². The van der Waals surface area contributed by atoms with Crippen molar-refractivity contribution in [3.05, 3.63) is 210 Å². The molecular weight excluding hydrogens is 703 g/mol. The number of nitrogens with zero attached hydrogens (tertiary/aromatic N) is 2. The number of benzene rings is 8. The number of hydrogen-bond acceptors (Lipinski definition) is 3. The third-order valence-electron chi connectivity index (χ3n) is 12.2. The number of ether oxygens (including phenoxy) is 1. The maximum Gasteiger partial charge on any atom is 0.252 e. The normalized spacial score (nSPS) is 12.8. The van der Waals surface area contributed by atoms with E-state index in [1.54, 1.807) is 0 Å². The van der Waals surface area contributed by atoms with E-state index in [0.717, 1.165) is 34.2 Å². The molecule has 0 N–H and O–H groups in total. The second kappa shape index (κ2) is 14.0. The Morgan fingerprint density at radius 3 is 1.57 bits per heavy atom. The Kier molecular flexibility index (Phi) is 8.60. The first-order chi connectivity index (χ1) is 28.3. The summed E-state index contributed by atoms with van der Waals surface area (Å²) >= 11 is 0. The molecule has 0 fully saturated rings. The average molecular weight is 749 g/mol. The Bertz CT molecular complexity index is 2810. The molecule has 3 nitrogen and oxygen atoms in total. The van der Waals surface area contributed by atoms with Crippen LogP contribution in [0.4, 0.5) is 34.1 Å². The summed E-state index contributed by atoms with van der Waals surface area (Å²) in [5.41, 5.74) is 19.3. The first-order valence-corrected chi connectivity index (χ1v) is 20.3.